The van der Waals surface area contributed by atoms with Crippen LogP contribution < -0.4 is 0 Å². The summed E-state index contributed by atoms with van der Waals surface area (Å²) in [7, 11) is 1.34. The van der Waals surface area contributed by atoms with E-state index in [9.17, 15) is 14.0 Å². The molecule has 0 amide bonds. The summed E-state index contributed by atoms with van der Waals surface area (Å²) in [5.41, 5.74) is 0.911. The molecule has 0 bridgehead atoms. The largest absolute Gasteiger partial charge is 0.469 e. The summed E-state index contributed by atoms with van der Waals surface area (Å²) in [5, 5.41) is 0. The Morgan fingerprint density at radius 3 is 2.50 bits per heavy atom. The molecule has 18 heavy (non-hydrogen) atoms. The van der Waals surface area contributed by atoms with E-state index in [0.29, 0.717) is 36.8 Å². The maximum absolute atomic E-state index is 13.3. The van der Waals surface area contributed by atoms with Gasteiger partial charge in [-0.15, -0.1) is 0 Å². The van der Waals surface area contributed by atoms with E-state index in [1.54, 1.807) is 19.1 Å². The molecule has 3 nitrogen and oxygen atoms in total. The van der Waals surface area contributed by atoms with Crippen molar-refractivity contribution in [1.82, 2.24) is 0 Å². The molecule has 0 heterocycles. The van der Waals surface area contributed by atoms with Crippen molar-refractivity contribution < 1.29 is 18.7 Å². The Balaban J connectivity index is 2.41. The van der Waals surface area contributed by atoms with E-state index in [2.05, 4.69) is 4.74 Å². The lowest BCUT2D eigenvalue weighted by molar-refractivity contribution is -0.140. The molecule has 0 aromatic heterocycles. The number of unbranched alkanes of at least 4 members (excludes halogenated alkanes) is 1. The number of ketones is 1. The van der Waals surface area contributed by atoms with Gasteiger partial charge in [-0.3, -0.25) is 9.59 Å². The Kier molecular flexibility index (Phi) is 5.49. The summed E-state index contributed by atoms with van der Waals surface area (Å²) in [6, 6.07) is 4.48. The molecule has 0 aliphatic rings. The number of carbonyl (C=O) groups excluding carboxylic acids is 2. The van der Waals surface area contributed by atoms with Crippen molar-refractivity contribution in [2.45, 2.75) is 32.6 Å². The number of carbonyl (C=O) groups is 2. The second-order valence-corrected chi connectivity index (χ2v) is 4.17. The quantitative estimate of drug-likeness (QED) is 0.444. The first-order valence-corrected chi connectivity index (χ1v) is 5.90. The molecular formula is C14H17FO3. The maximum Gasteiger partial charge on any atom is 0.305 e. The number of methoxy groups -OCH3 is 1. The number of Topliss-reactive ketones (excluding diaryl/α,β-unsaturated/α-hetero) is 1. The van der Waals surface area contributed by atoms with E-state index in [1.165, 1.54) is 13.2 Å². The van der Waals surface area contributed by atoms with Crippen molar-refractivity contribution in [2.75, 3.05) is 7.11 Å². The number of aryl methyl sites for hydroxylation is 1. The molecule has 0 fully saturated rings. The van der Waals surface area contributed by atoms with Crippen LogP contribution in [0.15, 0.2) is 18.2 Å². The Labute approximate surface area is 106 Å². The minimum atomic E-state index is -0.365. The summed E-state index contributed by atoms with van der Waals surface area (Å²) in [6.45, 7) is 1.65. The van der Waals surface area contributed by atoms with Crippen LogP contribution in [-0.2, 0) is 9.53 Å². The number of hydrogen-bond donors (Lipinski definition) is 0. The molecule has 1 aromatic rings. The lowest BCUT2D eigenvalue weighted by Gasteiger charge is -2.03. The van der Waals surface area contributed by atoms with Crippen LogP contribution in [0, 0.1) is 12.7 Å². The van der Waals surface area contributed by atoms with Crippen LogP contribution in [0.4, 0.5) is 4.39 Å². The third-order valence-corrected chi connectivity index (χ3v) is 2.76. The van der Waals surface area contributed by atoms with Crippen molar-refractivity contribution in [2.24, 2.45) is 0 Å². The van der Waals surface area contributed by atoms with Crippen molar-refractivity contribution in [3.63, 3.8) is 0 Å². The summed E-state index contributed by atoms with van der Waals surface area (Å²) in [5.74, 6) is -0.738. The Morgan fingerprint density at radius 2 is 1.89 bits per heavy atom. The molecule has 0 atom stereocenters. The summed E-state index contributed by atoms with van der Waals surface area (Å²) >= 11 is 0. The number of rotatable bonds is 6. The highest BCUT2D eigenvalue weighted by molar-refractivity contribution is 5.96. The summed E-state index contributed by atoms with van der Waals surface area (Å²) < 4.78 is 17.8. The number of benzene rings is 1. The monoisotopic (exact) mass is 252 g/mol. The average molecular weight is 252 g/mol. The van der Waals surface area contributed by atoms with Crippen LogP contribution in [0.1, 0.15) is 41.6 Å². The standard InChI is InChI=1S/C14H17FO3/c1-10-7-8-11(9-12(10)15)13(16)5-3-4-6-14(17)18-2/h7-9H,3-6H2,1-2H3. The minimum Gasteiger partial charge on any atom is -0.469 e. The molecule has 0 N–H and O–H groups in total. The fourth-order valence-corrected chi connectivity index (χ4v) is 1.57. The van der Waals surface area contributed by atoms with Gasteiger partial charge < -0.3 is 4.74 Å². The van der Waals surface area contributed by atoms with Crippen LogP contribution >= 0.6 is 0 Å². The van der Waals surface area contributed by atoms with Gasteiger partial charge in [-0.25, -0.2) is 4.39 Å². The molecule has 98 valence electrons. The lowest BCUT2D eigenvalue weighted by atomic mass is 10.0. The summed E-state index contributed by atoms with van der Waals surface area (Å²) in [4.78, 5) is 22.6. The first-order chi connectivity index (χ1) is 8.54. The topological polar surface area (TPSA) is 43.4 Å². The van der Waals surface area contributed by atoms with Crippen LogP contribution in [0.2, 0.25) is 0 Å². The van der Waals surface area contributed by atoms with Crippen molar-refractivity contribution >= 4 is 11.8 Å². The zero-order valence-electron chi connectivity index (χ0n) is 10.7. The van der Waals surface area contributed by atoms with Gasteiger partial charge in [0.1, 0.15) is 5.82 Å². The van der Waals surface area contributed by atoms with E-state index in [0.717, 1.165) is 0 Å². The van der Waals surface area contributed by atoms with E-state index < -0.39 is 0 Å². The molecule has 4 heteroatoms. The third-order valence-electron chi connectivity index (χ3n) is 2.76. The Morgan fingerprint density at radius 1 is 1.22 bits per heavy atom. The number of esters is 1. The smallest absolute Gasteiger partial charge is 0.305 e. The molecule has 1 rings (SSSR count). The maximum atomic E-state index is 13.3. The highest BCUT2D eigenvalue weighted by Crippen LogP contribution is 2.13. The third kappa shape index (κ3) is 4.28. The van der Waals surface area contributed by atoms with Gasteiger partial charge in [0.2, 0.25) is 0 Å². The fraction of sp³-hybridized carbons (Fsp3) is 0.429. The molecule has 0 aliphatic carbocycles. The number of halogens is 1. The first kappa shape index (κ1) is 14.4. The lowest BCUT2D eigenvalue weighted by Crippen LogP contribution is -2.03. The molecule has 0 saturated carbocycles. The van der Waals surface area contributed by atoms with E-state index in [1.807, 2.05) is 0 Å². The fourth-order valence-electron chi connectivity index (χ4n) is 1.57. The van der Waals surface area contributed by atoms with E-state index in [-0.39, 0.29) is 17.6 Å². The minimum absolute atomic E-state index is 0.0984. The Hall–Kier alpha value is -1.71. The van der Waals surface area contributed by atoms with Gasteiger partial charge in [-0.1, -0.05) is 12.1 Å². The number of ether oxygens (including phenoxy) is 1. The predicted molar refractivity (Wildman–Crippen MR) is 66.0 cm³/mol. The van der Waals surface area contributed by atoms with Gasteiger partial charge in [-0.2, -0.15) is 0 Å². The summed E-state index contributed by atoms with van der Waals surface area (Å²) in [6.07, 6.45) is 1.84. The molecule has 1 aromatic carbocycles. The average Bonchev–Trinajstić information content (AvgIpc) is 2.37. The zero-order chi connectivity index (χ0) is 13.5. The molecule has 0 aliphatic heterocycles. The van der Waals surface area contributed by atoms with E-state index in [4.69, 9.17) is 0 Å². The zero-order valence-corrected chi connectivity index (χ0v) is 10.7. The molecule has 0 unspecified atom stereocenters. The van der Waals surface area contributed by atoms with Crippen LogP contribution in [0.3, 0.4) is 0 Å². The highest BCUT2D eigenvalue weighted by Gasteiger charge is 2.08. The van der Waals surface area contributed by atoms with Gasteiger partial charge in [-0.05, 0) is 31.4 Å². The highest BCUT2D eigenvalue weighted by atomic mass is 19.1. The van der Waals surface area contributed by atoms with Crippen molar-refractivity contribution in [1.29, 1.82) is 0 Å². The van der Waals surface area contributed by atoms with Gasteiger partial charge in [0.15, 0.2) is 5.78 Å². The molecule has 0 spiro atoms. The van der Waals surface area contributed by atoms with Crippen molar-refractivity contribution in [3.8, 4) is 0 Å². The van der Waals surface area contributed by atoms with Gasteiger partial charge in [0.05, 0.1) is 7.11 Å². The van der Waals surface area contributed by atoms with Gasteiger partial charge in [0, 0.05) is 18.4 Å². The van der Waals surface area contributed by atoms with E-state index >= 15 is 0 Å². The molecule has 0 saturated heterocycles. The predicted octanol–water partition coefficient (Wildman–Crippen LogP) is 3.05. The van der Waals surface area contributed by atoms with Crippen LogP contribution in [0.5, 0.6) is 0 Å². The first-order valence-electron chi connectivity index (χ1n) is 5.90. The SMILES string of the molecule is COC(=O)CCCCC(=O)c1ccc(C)c(F)c1. The van der Waals surface area contributed by atoms with Gasteiger partial charge in [0.25, 0.3) is 0 Å². The molecular weight excluding hydrogens is 235 g/mol. The van der Waals surface area contributed by atoms with Gasteiger partial charge >= 0.3 is 5.97 Å². The number of hydrogen-bond acceptors (Lipinski definition) is 3. The normalized spacial score (nSPS) is 10.2. The molecule has 0 radical (unpaired) electrons. The van der Waals surface area contributed by atoms with Crippen LogP contribution in [0.25, 0.3) is 0 Å². The van der Waals surface area contributed by atoms with Crippen molar-refractivity contribution in [3.05, 3.63) is 35.1 Å². The Bertz CT molecular complexity index is 441. The second-order valence-electron chi connectivity index (χ2n) is 4.17. The second kappa shape index (κ2) is 6.89. The van der Waals surface area contributed by atoms with Crippen LogP contribution in [-0.4, -0.2) is 18.9 Å².